The van der Waals surface area contributed by atoms with Crippen LogP contribution in [0.25, 0.3) is 0 Å². The minimum absolute atomic E-state index is 0.0224. The first-order chi connectivity index (χ1) is 18.5. The molecule has 0 bridgehead atoms. The zero-order valence-electron chi connectivity index (χ0n) is 22.5. The molecule has 4 rings (SSSR count). The molecule has 38 heavy (non-hydrogen) atoms. The molecular formula is C31H37N3O4. The van der Waals surface area contributed by atoms with Crippen LogP contribution in [0.3, 0.4) is 0 Å². The Kier molecular flexibility index (Phi) is 9.38. The summed E-state index contributed by atoms with van der Waals surface area (Å²) in [6.45, 7) is 5.23. The van der Waals surface area contributed by atoms with Crippen LogP contribution >= 0.6 is 0 Å². The van der Waals surface area contributed by atoms with Crippen LogP contribution in [0.1, 0.15) is 39.9 Å². The lowest BCUT2D eigenvalue weighted by molar-refractivity contribution is -0.121. The monoisotopic (exact) mass is 515 g/mol. The number of aryl methyl sites for hydroxylation is 1. The summed E-state index contributed by atoms with van der Waals surface area (Å²) in [6.07, 6.45) is 2.25. The molecule has 1 fully saturated rings. The van der Waals surface area contributed by atoms with E-state index in [1.54, 1.807) is 26.4 Å². The lowest BCUT2D eigenvalue weighted by atomic mass is 9.95. The molecule has 0 saturated carbocycles. The van der Waals surface area contributed by atoms with Gasteiger partial charge in [-0.3, -0.25) is 14.5 Å². The van der Waals surface area contributed by atoms with Crippen molar-refractivity contribution < 1.29 is 19.1 Å². The van der Waals surface area contributed by atoms with Crippen LogP contribution in [0.15, 0.2) is 66.7 Å². The van der Waals surface area contributed by atoms with Crippen LogP contribution in [0.2, 0.25) is 0 Å². The summed E-state index contributed by atoms with van der Waals surface area (Å²) in [5.74, 6) is 1.03. The second-order valence-corrected chi connectivity index (χ2v) is 9.77. The highest BCUT2D eigenvalue weighted by molar-refractivity contribution is 6.04. The van der Waals surface area contributed by atoms with E-state index < -0.39 is 0 Å². The molecule has 1 heterocycles. The number of nitrogens with one attached hydrogen (secondary N) is 2. The molecule has 200 valence electrons. The normalized spacial score (nSPS) is 14.1. The summed E-state index contributed by atoms with van der Waals surface area (Å²) in [5, 5.41) is 5.99. The second-order valence-electron chi connectivity index (χ2n) is 9.77. The van der Waals surface area contributed by atoms with Crippen LogP contribution in [0, 0.1) is 12.8 Å². The molecule has 0 aromatic heterocycles. The van der Waals surface area contributed by atoms with Gasteiger partial charge in [-0.2, -0.15) is 0 Å². The SMILES string of the molecule is COc1ccc(CCNC(=O)c2ccccc2NC(=O)C2CCN(Cc3cccc(C)c3)CC2)cc1OC. The average molecular weight is 516 g/mol. The average Bonchev–Trinajstić information content (AvgIpc) is 2.93. The summed E-state index contributed by atoms with van der Waals surface area (Å²) in [7, 11) is 3.20. The van der Waals surface area contributed by atoms with Crippen molar-refractivity contribution in [3.63, 3.8) is 0 Å². The molecule has 1 saturated heterocycles. The first kappa shape index (κ1) is 27.2. The zero-order valence-corrected chi connectivity index (χ0v) is 22.5. The minimum Gasteiger partial charge on any atom is -0.493 e. The highest BCUT2D eigenvalue weighted by Gasteiger charge is 2.26. The summed E-state index contributed by atoms with van der Waals surface area (Å²) < 4.78 is 10.6. The Morgan fingerprint density at radius 2 is 1.66 bits per heavy atom. The quantitative estimate of drug-likeness (QED) is 0.404. The van der Waals surface area contributed by atoms with E-state index in [9.17, 15) is 9.59 Å². The van der Waals surface area contributed by atoms with Crippen LogP contribution in [0.5, 0.6) is 11.5 Å². The Labute approximate surface area is 225 Å². The topological polar surface area (TPSA) is 79.9 Å². The van der Waals surface area contributed by atoms with Crippen molar-refractivity contribution in [2.75, 3.05) is 39.2 Å². The van der Waals surface area contributed by atoms with Gasteiger partial charge in [-0.05, 0) is 74.7 Å². The van der Waals surface area contributed by atoms with E-state index in [0.717, 1.165) is 38.0 Å². The molecule has 7 heteroatoms. The fourth-order valence-corrected chi connectivity index (χ4v) is 4.90. The number of para-hydroxylation sites is 1. The number of hydrogen-bond donors (Lipinski definition) is 2. The third-order valence-electron chi connectivity index (χ3n) is 7.02. The predicted molar refractivity (Wildman–Crippen MR) is 150 cm³/mol. The molecular weight excluding hydrogens is 478 g/mol. The summed E-state index contributed by atoms with van der Waals surface area (Å²) in [6, 6.07) is 21.5. The number of benzene rings is 3. The van der Waals surface area contributed by atoms with Crippen molar-refractivity contribution in [1.82, 2.24) is 10.2 Å². The van der Waals surface area contributed by atoms with E-state index in [-0.39, 0.29) is 17.7 Å². The maximum absolute atomic E-state index is 13.1. The van der Waals surface area contributed by atoms with E-state index in [4.69, 9.17) is 9.47 Å². The van der Waals surface area contributed by atoms with Crippen molar-refractivity contribution in [2.45, 2.75) is 32.7 Å². The maximum atomic E-state index is 13.1. The van der Waals surface area contributed by atoms with Crippen LogP contribution < -0.4 is 20.1 Å². The van der Waals surface area contributed by atoms with E-state index in [2.05, 4.69) is 46.7 Å². The zero-order chi connectivity index (χ0) is 26.9. The van der Waals surface area contributed by atoms with Crippen molar-refractivity contribution >= 4 is 17.5 Å². The predicted octanol–water partition coefficient (Wildman–Crippen LogP) is 4.84. The second kappa shape index (κ2) is 13.1. The standard InChI is InChI=1S/C31H37N3O4/c1-22-7-6-8-24(19-22)21-34-17-14-25(15-18-34)30(35)33-27-10-5-4-9-26(27)31(36)32-16-13-23-11-12-28(37-2)29(20-23)38-3/h4-12,19-20,25H,13-18,21H2,1-3H3,(H,32,36)(H,33,35). The summed E-state index contributed by atoms with van der Waals surface area (Å²) in [5.41, 5.74) is 4.60. The van der Waals surface area contributed by atoms with Crippen molar-refractivity contribution in [3.05, 3.63) is 89.0 Å². The molecule has 0 spiro atoms. The molecule has 0 radical (unpaired) electrons. The van der Waals surface area contributed by atoms with Crippen LogP contribution in [0.4, 0.5) is 5.69 Å². The third-order valence-corrected chi connectivity index (χ3v) is 7.02. The number of amides is 2. The Hall–Kier alpha value is -3.84. The van der Waals surface area contributed by atoms with Gasteiger partial charge in [-0.15, -0.1) is 0 Å². The number of nitrogens with zero attached hydrogens (tertiary/aromatic N) is 1. The number of methoxy groups -OCH3 is 2. The molecule has 3 aromatic rings. The van der Waals surface area contributed by atoms with Crippen molar-refractivity contribution in [3.8, 4) is 11.5 Å². The van der Waals surface area contributed by atoms with E-state index >= 15 is 0 Å². The molecule has 0 aliphatic carbocycles. The number of piperidine rings is 1. The van der Waals surface area contributed by atoms with Crippen molar-refractivity contribution in [2.24, 2.45) is 5.92 Å². The number of hydrogen-bond acceptors (Lipinski definition) is 5. The summed E-state index contributed by atoms with van der Waals surface area (Å²) in [4.78, 5) is 28.4. The first-order valence-electron chi connectivity index (χ1n) is 13.1. The number of carbonyl (C=O) groups is 2. The Morgan fingerprint density at radius 1 is 0.895 bits per heavy atom. The maximum Gasteiger partial charge on any atom is 0.253 e. The minimum atomic E-state index is -0.214. The molecule has 0 atom stereocenters. The molecule has 2 N–H and O–H groups in total. The lowest BCUT2D eigenvalue weighted by Gasteiger charge is -2.31. The fraction of sp³-hybridized carbons (Fsp3) is 0.355. The van der Waals surface area contributed by atoms with Gasteiger partial charge in [-0.25, -0.2) is 0 Å². The lowest BCUT2D eigenvalue weighted by Crippen LogP contribution is -2.38. The van der Waals surface area contributed by atoms with E-state index in [1.165, 1.54) is 11.1 Å². The Morgan fingerprint density at radius 3 is 2.39 bits per heavy atom. The smallest absolute Gasteiger partial charge is 0.253 e. The van der Waals surface area contributed by atoms with Gasteiger partial charge >= 0.3 is 0 Å². The molecule has 0 unspecified atom stereocenters. The van der Waals surface area contributed by atoms with E-state index in [1.807, 2.05) is 30.3 Å². The fourth-order valence-electron chi connectivity index (χ4n) is 4.90. The largest absolute Gasteiger partial charge is 0.493 e. The Bertz CT molecular complexity index is 1250. The molecule has 7 nitrogen and oxygen atoms in total. The van der Waals surface area contributed by atoms with Gasteiger partial charge in [0.05, 0.1) is 25.5 Å². The highest BCUT2D eigenvalue weighted by atomic mass is 16.5. The molecule has 1 aliphatic rings. The van der Waals surface area contributed by atoms with Gasteiger partial charge in [0.2, 0.25) is 5.91 Å². The molecule has 2 amide bonds. The number of ether oxygens (including phenoxy) is 2. The number of carbonyl (C=O) groups excluding carboxylic acids is 2. The van der Waals surface area contributed by atoms with Gasteiger partial charge in [0, 0.05) is 19.0 Å². The van der Waals surface area contributed by atoms with Crippen LogP contribution in [-0.4, -0.2) is 50.6 Å². The van der Waals surface area contributed by atoms with Gasteiger partial charge in [-0.1, -0.05) is 48.0 Å². The van der Waals surface area contributed by atoms with Crippen LogP contribution in [-0.2, 0) is 17.8 Å². The van der Waals surface area contributed by atoms with E-state index in [0.29, 0.717) is 35.7 Å². The van der Waals surface area contributed by atoms with Gasteiger partial charge < -0.3 is 20.1 Å². The Balaban J connectivity index is 1.28. The first-order valence-corrected chi connectivity index (χ1v) is 13.1. The number of rotatable bonds is 10. The van der Waals surface area contributed by atoms with Crippen molar-refractivity contribution in [1.29, 1.82) is 0 Å². The van der Waals surface area contributed by atoms with Gasteiger partial charge in [0.25, 0.3) is 5.91 Å². The molecule has 1 aliphatic heterocycles. The summed E-state index contributed by atoms with van der Waals surface area (Å²) >= 11 is 0. The highest BCUT2D eigenvalue weighted by Crippen LogP contribution is 2.28. The van der Waals surface area contributed by atoms with Gasteiger partial charge in [0.15, 0.2) is 11.5 Å². The number of likely N-dealkylation sites (tertiary alicyclic amines) is 1. The molecule has 3 aromatic carbocycles. The number of anilines is 1. The van der Waals surface area contributed by atoms with Gasteiger partial charge in [0.1, 0.15) is 0 Å². The third kappa shape index (κ3) is 7.13.